The molecule has 0 saturated heterocycles. The van der Waals surface area contributed by atoms with Crippen molar-refractivity contribution in [1.82, 2.24) is 14.7 Å². The maximum atomic E-state index is 9.41. The Morgan fingerprint density at radius 1 is 1.33 bits per heavy atom. The van der Waals surface area contributed by atoms with Gasteiger partial charge >= 0.3 is 0 Å². The fraction of sp³-hybridized carbons (Fsp3) is 0.812. The summed E-state index contributed by atoms with van der Waals surface area (Å²) < 4.78 is 7.36. The lowest BCUT2D eigenvalue weighted by Crippen LogP contribution is -2.38. The highest BCUT2D eigenvalue weighted by atomic mass is 16.5. The minimum Gasteiger partial charge on any atom is -0.481 e. The molecule has 1 aliphatic carbocycles. The lowest BCUT2D eigenvalue weighted by molar-refractivity contribution is 0.116. The third-order valence-corrected chi connectivity index (χ3v) is 4.54. The number of nitrogens with zero attached hydrogens (tertiary/aromatic N) is 3. The molecule has 0 amide bonds. The molecule has 21 heavy (non-hydrogen) atoms. The first-order valence-electron chi connectivity index (χ1n) is 8.14. The minimum absolute atomic E-state index is 0.209. The van der Waals surface area contributed by atoms with E-state index in [4.69, 9.17) is 4.74 Å². The molecule has 0 atom stereocenters. The third-order valence-electron chi connectivity index (χ3n) is 4.54. The van der Waals surface area contributed by atoms with E-state index in [9.17, 15) is 5.11 Å². The lowest BCUT2D eigenvalue weighted by Gasteiger charge is -2.34. The number of hydrogen-bond donors (Lipinski definition) is 1. The summed E-state index contributed by atoms with van der Waals surface area (Å²) in [6.07, 6.45) is 7.34. The molecule has 0 aromatic carbocycles. The normalized spacial score (nSPS) is 16.6. The average Bonchev–Trinajstić information content (AvgIpc) is 2.82. The van der Waals surface area contributed by atoms with Crippen LogP contribution < -0.4 is 4.74 Å². The summed E-state index contributed by atoms with van der Waals surface area (Å²) >= 11 is 0. The minimum atomic E-state index is 0.209. The summed E-state index contributed by atoms with van der Waals surface area (Å²) in [5.74, 6) is 0.852. The molecule has 1 aromatic rings. The molecule has 120 valence electrons. The highest BCUT2D eigenvalue weighted by Crippen LogP contribution is 2.28. The van der Waals surface area contributed by atoms with Crippen LogP contribution in [0.5, 0.6) is 5.88 Å². The zero-order chi connectivity index (χ0) is 15.2. The molecule has 5 heteroatoms. The van der Waals surface area contributed by atoms with Crippen LogP contribution in [0.15, 0.2) is 0 Å². The van der Waals surface area contributed by atoms with Gasteiger partial charge in [-0.3, -0.25) is 4.90 Å². The van der Waals surface area contributed by atoms with Crippen LogP contribution in [0.4, 0.5) is 0 Å². The van der Waals surface area contributed by atoms with E-state index in [1.807, 2.05) is 11.7 Å². The Bertz CT molecular complexity index is 439. The highest BCUT2D eigenvalue weighted by molar-refractivity contribution is 5.31. The number of hydrogen-bond acceptors (Lipinski definition) is 4. The monoisotopic (exact) mass is 295 g/mol. The van der Waals surface area contributed by atoms with E-state index in [2.05, 4.69) is 16.9 Å². The third kappa shape index (κ3) is 3.77. The van der Waals surface area contributed by atoms with Crippen molar-refractivity contribution >= 4 is 0 Å². The maximum Gasteiger partial charge on any atom is 0.216 e. The summed E-state index contributed by atoms with van der Waals surface area (Å²) in [5.41, 5.74) is 2.29. The van der Waals surface area contributed by atoms with Gasteiger partial charge in [-0.25, -0.2) is 4.68 Å². The second kappa shape index (κ2) is 7.80. The molecule has 1 aliphatic rings. The van der Waals surface area contributed by atoms with E-state index < -0.39 is 0 Å². The summed E-state index contributed by atoms with van der Waals surface area (Å²) in [6.45, 7) is 3.89. The first kappa shape index (κ1) is 16.3. The van der Waals surface area contributed by atoms with Gasteiger partial charge in [0.2, 0.25) is 5.88 Å². The van der Waals surface area contributed by atoms with Gasteiger partial charge in [0, 0.05) is 26.2 Å². The Balaban J connectivity index is 2.19. The standard InChI is InChI=1S/C16H29N3O2/c1-4-15-14(16(21-3)18(2)17-15)12-19(10-11-20)13-8-6-5-7-9-13/h13,20H,4-12H2,1-3H3. The Morgan fingerprint density at radius 2 is 2.05 bits per heavy atom. The van der Waals surface area contributed by atoms with Gasteiger partial charge in [0.15, 0.2) is 0 Å². The van der Waals surface area contributed by atoms with Crippen molar-refractivity contribution in [2.45, 2.75) is 58.0 Å². The largest absolute Gasteiger partial charge is 0.481 e. The first-order valence-corrected chi connectivity index (χ1v) is 8.14. The molecule has 1 heterocycles. The molecular weight excluding hydrogens is 266 g/mol. The fourth-order valence-corrected chi connectivity index (χ4v) is 3.47. The summed E-state index contributed by atoms with van der Waals surface area (Å²) in [6, 6.07) is 0.584. The summed E-state index contributed by atoms with van der Waals surface area (Å²) in [7, 11) is 3.63. The van der Waals surface area contributed by atoms with Gasteiger partial charge in [-0.1, -0.05) is 26.2 Å². The molecule has 5 nitrogen and oxygen atoms in total. The Labute approximate surface area is 127 Å². The number of aliphatic hydroxyl groups is 1. The molecule has 0 spiro atoms. The van der Waals surface area contributed by atoms with Gasteiger partial charge in [-0.2, -0.15) is 5.10 Å². The van der Waals surface area contributed by atoms with Crippen molar-refractivity contribution in [3.05, 3.63) is 11.3 Å². The van der Waals surface area contributed by atoms with Crippen molar-refractivity contribution < 1.29 is 9.84 Å². The van der Waals surface area contributed by atoms with Gasteiger partial charge in [0.1, 0.15) is 0 Å². The zero-order valence-corrected chi connectivity index (χ0v) is 13.6. The van der Waals surface area contributed by atoms with Crippen molar-refractivity contribution in [2.24, 2.45) is 7.05 Å². The summed E-state index contributed by atoms with van der Waals surface area (Å²) in [4.78, 5) is 2.41. The SMILES string of the molecule is CCc1nn(C)c(OC)c1CN(CCO)C1CCCCC1. The summed E-state index contributed by atoms with van der Waals surface area (Å²) in [5, 5.41) is 14.0. The Morgan fingerprint density at radius 3 is 2.62 bits per heavy atom. The Kier molecular flexibility index (Phi) is 6.06. The van der Waals surface area contributed by atoms with E-state index in [1.54, 1.807) is 7.11 Å². The van der Waals surface area contributed by atoms with E-state index in [1.165, 1.54) is 37.7 Å². The van der Waals surface area contributed by atoms with Gasteiger partial charge < -0.3 is 9.84 Å². The molecule has 1 N–H and O–H groups in total. The number of ether oxygens (including phenoxy) is 1. The number of aryl methyl sites for hydroxylation is 2. The molecule has 1 aromatic heterocycles. The van der Waals surface area contributed by atoms with Crippen LogP contribution in [-0.4, -0.2) is 46.1 Å². The van der Waals surface area contributed by atoms with Gasteiger partial charge in [0.25, 0.3) is 0 Å². The van der Waals surface area contributed by atoms with E-state index in [0.717, 1.165) is 31.1 Å². The highest BCUT2D eigenvalue weighted by Gasteiger charge is 2.24. The number of aliphatic hydroxyl groups excluding tert-OH is 1. The number of rotatable bonds is 7. The quantitative estimate of drug-likeness (QED) is 0.837. The molecular formula is C16H29N3O2. The smallest absolute Gasteiger partial charge is 0.216 e. The van der Waals surface area contributed by atoms with Crippen molar-refractivity contribution in [3.63, 3.8) is 0 Å². The van der Waals surface area contributed by atoms with Crippen molar-refractivity contribution in [1.29, 1.82) is 0 Å². The molecule has 1 saturated carbocycles. The van der Waals surface area contributed by atoms with Crippen LogP contribution >= 0.6 is 0 Å². The van der Waals surface area contributed by atoms with Crippen LogP contribution in [0.2, 0.25) is 0 Å². The van der Waals surface area contributed by atoms with E-state index >= 15 is 0 Å². The molecule has 0 radical (unpaired) electrons. The second-order valence-electron chi connectivity index (χ2n) is 5.90. The molecule has 2 rings (SSSR count). The predicted molar refractivity (Wildman–Crippen MR) is 83.5 cm³/mol. The van der Waals surface area contributed by atoms with Gasteiger partial charge in [-0.15, -0.1) is 0 Å². The predicted octanol–water partition coefficient (Wildman–Crippen LogP) is 2.12. The van der Waals surface area contributed by atoms with Crippen molar-refractivity contribution in [2.75, 3.05) is 20.3 Å². The van der Waals surface area contributed by atoms with Crippen LogP contribution in [-0.2, 0) is 20.0 Å². The lowest BCUT2D eigenvalue weighted by atomic mass is 9.94. The number of aromatic nitrogens is 2. The topological polar surface area (TPSA) is 50.5 Å². The zero-order valence-electron chi connectivity index (χ0n) is 13.6. The molecule has 0 unspecified atom stereocenters. The van der Waals surface area contributed by atoms with Crippen LogP contribution in [0.1, 0.15) is 50.3 Å². The Hall–Kier alpha value is -1.07. The van der Waals surface area contributed by atoms with Crippen molar-refractivity contribution in [3.8, 4) is 5.88 Å². The maximum absolute atomic E-state index is 9.41. The number of methoxy groups -OCH3 is 1. The molecule has 1 fully saturated rings. The molecule has 0 bridgehead atoms. The van der Waals surface area contributed by atoms with Crippen LogP contribution in [0.3, 0.4) is 0 Å². The van der Waals surface area contributed by atoms with Gasteiger partial charge in [-0.05, 0) is 19.3 Å². The first-order chi connectivity index (χ1) is 10.2. The van der Waals surface area contributed by atoms with Crippen LogP contribution in [0.25, 0.3) is 0 Å². The van der Waals surface area contributed by atoms with Crippen LogP contribution in [0, 0.1) is 0 Å². The van der Waals surface area contributed by atoms with Gasteiger partial charge in [0.05, 0.1) is 25.0 Å². The van der Waals surface area contributed by atoms with E-state index in [0.29, 0.717) is 6.04 Å². The van der Waals surface area contributed by atoms with E-state index in [-0.39, 0.29) is 6.61 Å². The fourth-order valence-electron chi connectivity index (χ4n) is 3.47. The second-order valence-corrected chi connectivity index (χ2v) is 5.90. The molecule has 0 aliphatic heterocycles. The average molecular weight is 295 g/mol.